The monoisotopic (exact) mass is 1070 g/mol. The number of ether oxygens (including phenoxy) is 8. The first-order chi connectivity index (χ1) is 35.2. The number of fused-ring (bicyclic) bond motifs is 7. The minimum absolute atomic E-state index is 0.0701. The number of rotatable bonds is 11. The molecule has 4 unspecified atom stereocenters. The summed E-state index contributed by atoms with van der Waals surface area (Å²) in [6.07, 6.45) is -21.2. The summed E-state index contributed by atoms with van der Waals surface area (Å²) >= 11 is 0. The number of allylic oxidation sites excluding steroid dienone is 2. The van der Waals surface area contributed by atoms with E-state index in [4.69, 9.17) is 37.9 Å². The van der Waals surface area contributed by atoms with Gasteiger partial charge >= 0.3 is 5.97 Å². The summed E-state index contributed by atoms with van der Waals surface area (Å²) in [4.78, 5) is 15.1. The molecule has 9 rings (SSSR count). The maximum absolute atomic E-state index is 15.1. The van der Waals surface area contributed by atoms with Crippen molar-refractivity contribution in [2.24, 2.45) is 56.7 Å². The van der Waals surface area contributed by atoms with Crippen LogP contribution in [0.25, 0.3) is 0 Å². The van der Waals surface area contributed by atoms with Gasteiger partial charge in [-0.25, -0.2) is 0 Å². The zero-order valence-corrected chi connectivity index (χ0v) is 44.2. The first kappa shape index (κ1) is 58.1. The molecule has 0 bridgehead atoms. The molecule has 5 aliphatic carbocycles. The van der Waals surface area contributed by atoms with Crippen LogP contribution in [-0.4, -0.2) is 222 Å². The van der Waals surface area contributed by atoms with E-state index in [0.29, 0.717) is 25.7 Å². The number of carbonyl (C=O) groups excluding carboxylic acids is 1. The quantitative estimate of drug-likeness (QED) is 0.0633. The van der Waals surface area contributed by atoms with Crippen molar-refractivity contribution in [2.75, 3.05) is 26.4 Å². The van der Waals surface area contributed by atoms with E-state index in [-0.39, 0.29) is 58.5 Å². The van der Waals surface area contributed by atoms with Gasteiger partial charge in [0.1, 0.15) is 91.6 Å². The summed E-state index contributed by atoms with van der Waals surface area (Å²) in [5.41, 5.74) is -0.823. The predicted molar refractivity (Wildman–Crippen MR) is 257 cm³/mol. The molecule has 8 fully saturated rings. The molecule has 0 aromatic rings. The van der Waals surface area contributed by atoms with Gasteiger partial charge in [0.25, 0.3) is 0 Å². The van der Waals surface area contributed by atoms with Gasteiger partial charge in [-0.3, -0.25) is 4.79 Å². The molecule has 0 amide bonds. The van der Waals surface area contributed by atoms with E-state index in [1.807, 2.05) is 0 Å². The third kappa shape index (κ3) is 9.40. The molecule has 4 heterocycles. The highest BCUT2D eigenvalue weighted by Gasteiger charge is 2.70. The third-order valence-electron chi connectivity index (χ3n) is 21.4. The van der Waals surface area contributed by atoms with Gasteiger partial charge < -0.3 is 104 Å². The standard InChI is InChI=1S/C53H86O22/c1-22-10-15-53(48(67)75-47-41(65)38(62)35(59)28(72-47)21-69-44-39(63)36(60)33(57)26(18-54)70-44)17-16-51(6)24(32(53)23(22)2)8-9-30-50(5)13-12-31(49(3,4)29(50)11-14-52(30,51)7)73-45-42(66)43(25(56)20-68-45)74-46-40(64)37(61)34(58)27(19-55)71-46/h8,22-23,25-47,54-66H,9-21H2,1-7H3/t22-,23+,25-,26-,27-,28-,29?,30?,31?,32?,33-,34-,35-,36+,37+,38+,39-,40-,41-,42-,43-,44-,45+,46+,47+,50+,51-,52-,53+/m1/s1. The summed E-state index contributed by atoms with van der Waals surface area (Å²) in [7, 11) is 0. The van der Waals surface area contributed by atoms with Crippen LogP contribution in [0.2, 0.25) is 0 Å². The van der Waals surface area contributed by atoms with E-state index < -0.39 is 153 Å². The second-order valence-corrected chi connectivity index (χ2v) is 25.3. The molecule has 4 aliphatic heterocycles. The Hall–Kier alpha value is -1.59. The van der Waals surface area contributed by atoms with Crippen molar-refractivity contribution < 1.29 is 109 Å². The van der Waals surface area contributed by atoms with Crippen molar-refractivity contribution in [1.82, 2.24) is 0 Å². The van der Waals surface area contributed by atoms with Crippen LogP contribution in [-0.2, 0) is 42.7 Å². The molecular weight excluding hydrogens is 989 g/mol. The maximum Gasteiger partial charge on any atom is 0.315 e. The molecule has 430 valence electrons. The molecule has 0 radical (unpaired) electrons. The van der Waals surface area contributed by atoms with Crippen molar-refractivity contribution in [3.05, 3.63) is 11.6 Å². The van der Waals surface area contributed by atoms with Crippen LogP contribution in [0.4, 0.5) is 0 Å². The highest BCUT2D eigenvalue weighted by Crippen LogP contribution is 2.76. The second-order valence-electron chi connectivity index (χ2n) is 25.3. The van der Waals surface area contributed by atoms with Gasteiger partial charge in [-0.15, -0.1) is 0 Å². The topological polar surface area (TPSA) is 354 Å². The van der Waals surface area contributed by atoms with Crippen LogP contribution in [0.3, 0.4) is 0 Å². The number of carbonyl (C=O) groups is 1. The number of aliphatic hydroxyl groups excluding tert-OH is 13. The predicted octanol–water partition coefficient (Wildman–Crippen LogP) is -1.54. The lowest BCUT2D eigenvalue weighted by atomic mass is 9.33. The molecule has 9 aliphatic rings. The molecule has 22 heteroatoms. The van der Waals surface area contributed by atoms with Crippen LogP contribution in [0.1, 0.15) is 106 Å². The fourth-order valence-electron chi connectivity index (χ4n) is 16.4. The van der Waals surface area contributed by atoms with Gasteiger partial charge in [-0.1, -0.05) is 60.1 Å². The van der Waals surface area contributed by atoms with Gasteiger partial charge in [-0.2, -0.15) is 0 Å². The average molecular weight is 1080 g/mol. The average Bonchev–Trinajstić information content (AvgIpc) is 3.43. The van der Waals surface area contributed by atoms with Crippen molar-refractivity contribution in [2.45, 2.75) is 229 Å². The van der Waals surface area contributed by atoms with Crippen molar-refractivity contribution in [1.29, 1.82) is 0 Å². The molecular formula is C53H86O22. The zero-order valence-electron chi connectivity index (χ0n) is 44.2. The highest BCUT2D eigenvalue weighted by molar-refractivity contribution is 5.79. The lowest BCUT2D eigenvalue weighted by Gasteiger charge is -2.71. The van der Waals surface area contributed by atoms with E-state index in [1.54, 1.807) is 0 Å². The van der Waals surface area contributed by atoms with Gasteiger partial charge in [-0.05, 0) is 109 Å². The largest absolute Gasteiger partial charge is 0.432 e. The van der Waals surface area contributed by atoms with Crippen LogP contribution >= 0.6 is 0 Å². The Morgan fingerprint density at radius 3 is 1.84 bits per heavy atom. The van der Waals surface area contributed by atoms with E-state index in [9.17, 15) is 66.4 Å². The van der Waals surface area contributed by atoms with E-state index in [1.165, 1.54) is 5.57 Å². The first-order valence-corrected chi connectivity index (χ1v) is 27.3. The molecule has 4 saturated carbocycles. The van der Waals surface area contributed by atoms with Crippen LogP contribution < -0.4 is 0 Å². The smallest absolute Gasteiger partial charge is 0.315 e. The zero-order chi connectivity index (χ0) is 54.6. The lowest BCUT2D eigenvalue weighted by Crippen LogP contribution is -2.66. The maximum atomic E-state index is 15.1. The molecule has 0 spiro atoms. The molecule has 0 aromatic carbocycles. The van der Waals surface area contributed by atoms with Gasteiger partial charge in [0.15, 0.2) is 18.9 Å². The summed E-state index contributed by atoms with van der Waals surface area (Å²) in [6, 6.07) is 0. The SMILES string of the molecule is C[C@@H]1CC[C@]2(C(=O)O[C@@H]3O[C@H](CO[C@@H]4O[C@H](CO)[C@@H](O)[C@H](O)[C@H]4O)[C@@H](O)[C@H](O)[C@H]3O)CC[C@]3(C)C(=CCC4[C@@]5(C)CCC(O[C@@H]6OC[C@@H](O)[C@@H](O[C@@H]7O[C@H](CO)[C@@H](O)[C@H](O)[C@H]7O)[C@H]6O)C(C)(C)C5CC[C@]43C)C2[C@H]1C. The Balaban J connectivity index is 0.905. The number of hydrogen-bond donors (Lipinski definition) is 13. The fraction of sp³-hybridized carbons (Fsp3) is 0.943. The second kappa shape index (κ2) is 21.4. The summed E-state index contributed by atoms with van der Waals surface area (Å²) in [6.45, 7) is 13.9. The van der Waals surface area contributed by atoms with Gasteiger partial charge in [0.05, 0.1) is 37.9 Å². The third-order valence-corrected chi connectivity index (χ3v) is 21.4. The number of esters is 1. The van der Waals surface area contributed by atoms with E-state index >= 15 is 4.79 Å². The molecule has 29 atom stereocenters. The number of aliphatic hydroxyl groups is 13. The Kier molecular flexibility index (Phi) is 16.6. The Bertz CT molecular complexity index is 2040. The molecule has 75 heavy (non-hydrogen) atoms. The fourth-order valence-corrected chi connectivity index (χ4v) is 16.4. The van der Waals surface area contributed by atoms with Gasteiger partial charge in [0.2, 0.25) is 6.29 Å². The lowest BCUT2D eigenvalue weighted by molar-refractivity contribution is -0.357. The van der Waals surface area contributed by atoms with Crippen molar-refractivity contribution in [3.63, 3.8) is 0 Å². The van der Waals surface area contributed by atoms with Gasteiger partial charge in [0, 0.05) is 0 Å². The Morgan fingerprint density at radius 2 is 1.20 bits per heavy atom. The van der Waals surface area contributed by atoms with E-state index in [2.05, 4.69) is 54.5 Å². The van der Waals surface area contributed by atoms with Crippen LogP contribution in [0, 0.1) is 56.7 Å². The molecule has 4 saturated heterocycles. The first-order valence-electron chi connectivity index (χ1n) is 27.3. The van der Waals surface area contributed by atoms with Crippen molar-refractivity contribution in [3.8, 4) is 0 Å². The Morgan fingerprint density at radius 1 is 0.613 bits per heavy atom. The molecule has 13 N–H and O–H groups in total. The number of hydrogen-bond acceptors (Lipinski definition) is 22. The minimum Gasteiger partial charge on any atom is -0.432 e. The van der Waals surface area contributed by atoms with Crippen LogP contribution in [0.5, 0.6) is 0 Å². The van der Waals surface area contributed by atoms with Crippen LogP contribution in [0.15, 0.2) is 11.6 Å². The Labute approximate surface area is 437 Å². The summed E-state index contributed by atoms with van der Waals surface area (Å²) < 4.78 is 47.2. The minimum atomic E-state index is -1.82. The highest BCUT2D eigenvalue weighted by atomic mass is 16.8. The van der Waals surface area contributed by atoms with E-state index in [0.717, 1.165) is 32.1 Å². The molecule has 22 nitrogen and oxygen atoms in total. The summed E-state index contributed by atoms with van der Waals surface area (Å²) in [5, 5.41) is 137. The summed E-state index contributed by atoms with van der Waals surface area (Å²) in [5.74, 6) is -0.00547. The van der Waals surface area contributed by atoms with Crippen molar-refractivity contribution >= 4 is 5.97 Å². The normalized spacial score (nSPS) is 54.8. The molecule has 0 aromatic heterocycles.